The van der Waals surface area contributed by atoms with Crippen LogP contribution < -0.4 is 0 Å². The van der Waals surface area contributed by atoms with Crippen molar-refractivity contribution in [2.75, 3.05) is 26.2 Å². The van der Waals surface area contributed by atoms with Crippen molar-refractivity contribution in [3.63, 3.8) is 0 Å². The molecule has 21 heavy (non-hydrogen) atoms. The summed E-state index contributed by atoms with van der Waals surface area (Å²) in [5.41, 5.74) is 4.82. The van der Waals surface area contributed by atoms with Crippen LogP contribution in [-0.4, -0.2) is 30.7 Å². The van der Waals surface area contributed by atoms with Crippen LogP contribution in [0.1, 0.15) is 24.0 Å². The van der Waals surface area contributed by atoms with Crippen LogP contribution in [0.2, 0.25) is 0 Å². The van der Waals surface area contributed by atoms with Gasteiger partial charge >= 0.3 is 0 Å². The van der Waals surface area contributed by atoms with Crippen molar-refractivity contribution in [2.45, 2.75) is 19.3 Å². The third-order valence-corrected chi connectivity index (χ3v) is 6.02. The van der Waals surface area contributed by atoms with E-state index >= 15 is 0 Å². The molecule has 1 aliphatic carbocycles. The minimum Gasteiger partial charge on any atom is -0.320 e. The highest BCUT2D eigenvalue weighted by atomic mass is 15.4. The highest BCUT2D eigenvalue weighted by molar-refractivity contribution is 5.93. The normalized spacial score (nSPS) is 25.9. The van der Waals surface area contributed by atoms with E-state index < -0.39 is 0 Å². The Kier molecular flexibility index (Phi) is 2.40. The highest BCUT2D eigenvalue weighted by Gasteiger charge is 2.44. The molecular formula is C20H22N+. The largest absolute Gasteiger partial charge is 0.320 e. The molecule has 0 amide bonds. The first kappa shape index (κ1) is 12.0. The zero-order valence-corrected chi connectivity index (χ0v) is 12.5. The van der Waals surface area contributed by atoms with E-state index in [0.717, 1.165) is 5.92 Å². The van der Waals surface area contributed by atoms with Crippen molar-refractivity contribution in [3.05, 3.63) is 53.1 Å². The lowest BCUT2D eigenvalue weighted by molar-refractivity contribution is -0.904. The van der Waals surface area contributed by atoms with E-state index in [0.29, 0.717) is 0 Å². The van der Waals surface area contributed by atoms with Gasteiger partial charge in [0.25, 0.3) is 0 Å². The van der Waals surface area contributed by atoms with Gasteiger partial charge in [-0.1, -0.05) is 36.4 Å². The van der Waals surface area contributed by atoms with Crippen molar-refractivity contribution in [1.82, 2.24) is 0 Å². The molecule has 0 saturated carbocycles. The molecule has 3 aliphatic rings. The smallest absolute Gasteiger partial charge is 0.101 e. The van der Waals surface area contributed by atoms with Gasteiger partial charge in [-0.2, -0.15) is 0 Å². The second kappa shape index (κ2) is 4.20. The summed E-state index contributed by atoms with van der Waals surface area (Å²) < 4.78 is 1.39. The number of benzene rings is 2. The number of quaternary nitrogens is 1. The highest BCUT2D eigenvalue weighted by Crippen LogP contribution is 2.41. The van der Waals surface area contributed by atoms with Crippen LogP contribution in [0.5, 0.6) is 0 Å². The fourth-order valence-corrected chi connectivity index (χ4v) is 5.01. The Morgan fingerprint density at radius 2 is 1.81 bits per heavy atom. The number of rotatable bonds is 0. The second-order valence-corrected chi connectivity index (χ2v) is 7.32. The van der Waals surface area contributed by atoms with Gasteiger partial charge < -0.3 is 4.48 Å². The van der Waals surface area contributed by atoms with Gasteiger partial charge in [0.2, 0.25) is 0 Å². The van der Waals surface area contributed by atoms with Crippen LogP contribution in [0.15, 0.2) is 42.0 Å². The van der Waals surface area contributed by atoms with Gasteiger partial charge in [-0.15, -0.1) is 0 Å². The van der Waals surface area contributed by atoms with Crippen molar-refractivity contribution in [1.29, 1.82) is 0 Å². The zero-order valence-electron chi connectivity index (χ0n) is 12.5. The molecule has 5 rings (SSSR count). The van der Waals surface area contributed by atoms with E-state index in [1.165, 1.54) is 66.3 Å². The number of nitrogens with zero attached hydrogens (tertiary/aromatic N) is 1. The summed E-state index contributed by atoms with van der Waals surface area (Å²) in [6.07, 6.45) is 6.70. The molecule has 2 aromatic carbocycles. The molecule has 0 unspecified atom stereocenters. The predicted molar refractivity (Wildman–Crippen MR) is 88.1 cm³/mol. The molecule has 1 nitrogen and oxygen atoms in total. The molecule has 0 aromatic heterocycles. The molecule has 1 spiro atoms. The lowest BCUT2D eigenvalue weighted by atomic mass is 9.83. The van der Waals surface area contributed by atoms with Gasteiger partial charge in [0, 0.05) is 18.8 Å². The monoisotopic (exact) mass is 276 g/mol. The van der Waals surface area contributed by atoms with E-state index in [1.807, 2.05) is 0 Å². The average molecular weight is 276 g/mol. The number of hydrogen-bond acceptors (Lipinski definition) is 0. The van der Waals surface area contributed by atoms with E-state index in [2.05, 4.69) is 42.5 Å². The second-order valence-electron chi connectivity index (χ2n) is 7.32. The van der Waals surface area contributed by atoms with Gasteiger partial charge in [-0.25, -0.2) is 0 Å². The Hall–Kier alpha value is -1.60. The maximum absolute atomic E-state index is 2.55. The lowest BCUT2D eigenvalue weighted by Gasteiger charge is -2.28. The van der Waals surface area contributed by atoms with Crippen molar-refractivity contribution >= 4 is 16.8 Å². The summed E-state index contributed by atoms with van der Waals surface area (Å²) in [5, 5.41) is 2.83. The van der Waals surface area contributed by atoms with E-state index in [-0.39, 0.29) is 0 Å². The SMILES string of the molecule is C1=C2C[N+]3(CCCC3)C[C@@H]2Cc2ccc3ccccc3c21. The van der Waals surface area contributed by atoms with Crippen LogP contribution in [0.25, 0.3) is 16.8 Å². The average Bonchev–Trinajstić information content (AvgIpc) is 3.11. The Labute approximate surface area is 126 Å². The fourth-order valence-electron chi connectivity index (χ4n) is 5.01. The molecule has 2 aromatic rings. The first-order valence-corrected chi connectivity index (χ1v) is 8.39. The van der Waals surface area contributed by atoms with Crippen LogP contribution >= 0.6 is 0 Å². The third kappa shape index (κ3) is 1.74. The molecular weight excluding hydrogens is 254 g/mol. The van der Waals surface area contributed by atoms with Gasteiger partial charge in [0.1, 0.15) is 6.54 Å². The Morgan fingerprint density at radius 1 is 0.952 bits per heavy atom. The minimum absolute atomic E-state index is 0.816. The fraction of sp³-hybridized carbons (Fsp3) is 0.400. The molecule has 106 valence electrons. The van der Waals surface area contributed by atoms with Crippen molar-refractivity contribution in [3.8, 4) is 0 Å². The first-order valence-electron chi connectivity index (χ1n) is 8.39. The van der Waals surface area contributed by atoms with Crippen LogP contribution in [0.4, 0.5) is 0 Å². The lowest BCUT2D eigenvalue weighted by Crippen LogP contribution is -2.42. The molecule has 0 bridgehead atoms. The van der Waals surface area contributed by atoms with Crippen molar-refractivity contribution < 1.29 is 4.48 Å². The molecule has 2 fully saturated rings. The summed E-state index contributed by atoms with van der Waals surface area (Å²) in [5.74, 6) is 0.816. The maximum Gasteiger partial charge on any atom is 0.101 e. The Bertz CT molecular complexity index is 750. The summed E-state index contributed by atoms with van der Waals surface area (Å²) in [4.78, 5) is 0. The van der Waals surface area contributed by atoms with Gasteiger partial charge in [-0.3, -0.25) is 0 Å². The summed E-state index contributed by atoms with van der Waals surface area (Å²) in [6, 6.07) is 13.5. The molecule has 1 atom stereocenters. The van der Waals surface area contributed by atoms with Crippen LogP contribution in [0, 0.1) is 5.92 Å². The molecule has 0 radical (unpaired) electrons. The summed E-state index contributed by atoms with van der Waals surface area (Å²) in [6.45, 7) is 5.57. The topological polar surface area (TPSA) is 0 Å². The van der Waals surface area contributed by atoms with Crippen LogP contribution in [0.3, 0.4) is 0 Å². The van der Waals surface area contributed by atoms with Crippen LogP contribution in [-0.2, 0) is 6.42 Å². The minimum atomic E-state index is 0.816. The molecule has 2 aliphatic heterocycles. The summed E-state index contributed by atoms with van der Waals surface area (Å²) >= 11 is 0. The van der Waals surface area contributed by atoms with E-state index in [1.54, 1.807) is 11.1 Å². The third-order valence-electron chi connectivity index (χ3n) is 6.02. The number of fused-ring (bicyclic) bond motifs is 4. The number of hydrogen-bond donors (Lipinski definition) is 0. The standard InChI is InChI=1S/C20H22N/c1-2-6-19-15(5-1)7-8-16-11-17-13-21(9-3-4-10-21)14-18(17)12-20(16)19/h1-2,5-8,12,17H,3-4,9-11,13-14H2/q+1/t17-/m0/s1. The first-order chi connectivity index (χ1) is 10.3. The van der Waals surface area contributed by atoms with E-state index in [9.17, 15) is 0 Å². The zero-order chi connectivity index (χ0) is 13.9. The van der Waals surface area contributed by atoms with Crippen molar-refractivity contribution in [2.24, 2.45) is 5.92 Å². The van der Waals surface area contributed by atoms with Gasteiger partial charge in [-0.05, 0) is 40.0 Å². The molecule has 2 heterocycles. The maximum atomic E-state index is 2.55. The summed E-state index contributed by atoms with van der Waals surface area (Å²) in [7, 11) is 0. The molecule has 0 N–H and O–H groups in total. The predicted octanol–water partition coefficient (Wildman–Crippen LogP) is 4.02. The molecule has 1 heteroatoms. The Morgan fingerprint density at radius 3 is 2.71 bits per heavy atom. The van der Waals surface area contributed by atoms with Gasteiger partial charge in [0.05, 0.1) is 19.6 Å². The quantitative estimate of drug-likeness (QED) is 0.638. The molecule has 2 saturated heterocycles. The Balaban J connectivity index is 1.63. The van der Waals surface area contributed by atoms with E-state index in [4.69, 9.17) is 0 Å². The van der Waals surface area contributed by atoms with Gasteiger partial charge in [0.15, 0.2) is 0 Å².